The van der Waals surface area contributed by atoms with Crippen LogP contribution in [0.25, 0.3) is 10.2 Å². The van der Waals surface area contributed by atoms with Crippen molar-refractivity contribution in [1.29, 1.82) is 0 Å². The van der Waals surface area contributed by atoms with Gasteiger partial charge in [-0.1, -0.05) is 36.4 Å². The molecule has 0 aliphatic rings. The molecule has 1 aromatic carbocycles. The second kappa shape index (κ2) is 7.73. The number of rotatable bonds is 6. The summed E-state index contributed by atoms with van der Waals surface area (Å²) in [6.07, 6.45) is 0.284. The Balaban J connectivity index is 1.40. The largest absolute Gasteiger partial charge is 0.352 e. The van der Waals surface area contributed by atoms with Crippen molar-refractivity contribution in [1.82, 2.24) is 15.5 Å². The fraction of sp³-hybridized carbons (Fsp3) is 0.105. The fourth-order valence-corrected chi connectivity index (χ4v) is 4.25. The van der Waals surface area contributed by atoms with Crippen LogP contribution in [0.15, 0.2) is 53.9 Å². The number of nitrogens with one attached hydrogen (secondary N) is 3. The molecule has 0 spiro atoms. The summed E-state index contributed by atoms with van der Waals surface area (Å²) in [6, 6.07) is 15.3. The number of carbonyl (C=O) groups is 2. The third-order valence-corrected chi connectivity index (χ3v) is 5.85. The van der Waals surface area contributed by atoms with Gasteiger partial charge in [-0.15, -0.1) is 22.7 Å². The highest BCUT2D eigenvalue weighted by atomic mass is 32.1. The molecule has 0 bridgehead atoms. The number of aromatic amines is 1. The van der Waals surface area contributed by atoms with E-state index in [-0.39, 0.29) is 18.2 Å². The Morgan fingerprint density at radius 3 is 2.74 bits per heavy atom. The van der Waals surface area contributed by atoms with Gasteiger partial charge in [0.1, 0.15) is 10.6 Å². The minimum Gasteiger partial charge on any atom is -0.352 e. The van der Waals surface area contributed by atoms with Crippen LogP contribution in [0.2, 0.25) is 0 Å². The maximum absolute atomic E-state index is 12.2. The van der Waals surface area contributed by atoms with Crippen LogP contribution in [0.1, 0.15) is 20.1 Å². The zero-order valence-electron chi connectivity index (χ0n) is 14.2. The smallest absolute Gasteiger partial charge is 0.266 e. The lowest BCUT2D eigenvalue weighted by Crippen LogP contribution is -2.24. The number of hydrogen-bond donors (Lipinski definition) is 3. The molecule has 0 unspecified atom stereocenters. The van der Waals surface area contributed by atoms with Gasteiger partial charge in [-0.2, -0.15) is 5.10 Å². The zero-order valence-corrected chi connectivity index (χ0v) is 15.8. The van der Waals surface area contributed by atoms with Gasteiger partial charge in [-0.3, -0.25) is 14.7 Å². The van der Waals surface area contributed by atoms with Crippen molar-refractivity contribution >= 4 is 50.5 Å². The van der Waals surface area contributed by atoms with E-state index in [4.69, 9.17) is 0 Å². The summed E-state index contributed by atoms with van der Waals surface area (Å²) in [7, 11) is 0. The van der Waals surface area contributed by atoms with E-state index < -0.39 is 0 Å². The lowest BCUT2D eigenvalue weighted by molar-refractivity contribution is -0.120. The quantitative estimate of drug-likeness (QED) is 0.463. The van der Waals surface area contributed by atoms with Gasteiger partial charge in [0.05, 0.1) is 16.7 Å². The maximum Gasteiger partial charge on any atom is 0.266 e. The number of thiophene rings is 2. The Morgan fingerprint density at radius 1 is 1.11 bits per heavy atom. The third kappa shape index (κ3) is 4.07. The van der Waals surface area contributed by atoms with Crippen molar-refractivity contribution in [3.63, 3.8) is 0 Å². The van der Waals surface area contributed by atoms with E-state index in [0.29, 0.717) is 17.2 Å². The highest BCUT2D eigenvalue weighted by molar-refractivity contribution is 7.18. The van der Waals surface area contributed by atoms with Gasteiger partial charge in [-0.05, 0) is 23.1 Å². The van der Waals surface area contributed by atoms with E-state index in [2.05, 4.69) is 20.8 Å². The lowest BCUT2D eigenvalue weighted by atomic mass is 10.2. The van der Waals surface area contributed by atoms with Crippen molar-refractivity contribution in [3.8, 4) is 0 Å². The predicted molar refractivity (Wildman–Crippen MR) is 108 cm³/mol. The number of fused-ring (bicyclic) bond motifs is 1. The first-order valence-electron chi connectivity index (χ1n) is 8.31. The highest BCUT2D eigenvalue weighted by Crippen LogP contribution is 2.30. The molecule has 3 N–H and O–H groups in total. The van der Waals surface area contributed by atoms with Gasteiger partial charge in [0.15, 0.2) is 0 Å². The molecule has 4 rings (SSSR count). The number of carbonyl (C=O) groups excluding carboxylic acids is 2. The first-order chi connectivity index (χ1) is 13.2. The monoisotopic (exact) mass is 396 g/mol. The normalized spacial score (nSPS) is 10.8. The molecule has 27 heavy (non-hydrogen) atoms. The molecule has 3 aromatic heterocycles. The Morgan fingerprint density at radius 2 is 1.96 bits per heavy atom. The molecular weight excluding hydrogens is 380 g/mol. The highest BCUT2D eigenvalue weighted by Gasteiger charge is 2.15. The molecule has 0 fully saturated rings. The van der Waals surface area contributed by atoms with E-state index in [9.17, 15) is 9.59 Å². The average molecular weight is 396 g/mol. The molecule has 4 aromatic rings. The van der Waals surface area contributed by atoms with Crippen LogP contribution in [-0.4, -0.2) is 22.0 Å². The minimum absolute atomic E-state index is 0.0455. The van der Waals surface area contributed by atoms with E-state index >= 15 is 0 Å². The van der Waals surface area contributed by atoms with Gasteiger partial charge in [0, 0.05) is 11.4 Å². The molecule has 0 aliphatic heterocycles. The van der Waals surface area contributed by atoms with Crippen molar-refractivity contribution < 1.29 is 9.59 Å². The topological polar surface area (TPSA) is 86.9 Å². The van der Waals surface area contributed by atoms with Gasteiger partial charge < -0.3 is 10.6 Å². The van der Waals surface area contributed by atoms with Crippen LogP contribution in [0.3, 0.4) is 0 Å². The van der Waals surface area contributed by atoms with Crippen molar-refractivity contribution in [3.05, 3.63) is 69.2 Å². The Kier molecular flexibility index (Phi) is 4.99. The summed E-state index contributed by atoms with van der Waals surface area (Å²) in [5, 5.41) is 15.5. The van der Waals surface area contributed by atoms with Crippen LogP contribution < -0.4 is 10.6 Å². The molecule has 6 nitrogen and oxygen atoms in total. The maximum atomic E-state index is 12.2. The second-order valence-electron chi connectivity index (χ2n) is 5.90. The van der Waals surface area contributed by atoms with Crippen LogP contribution >= 0.6 is 22.7 Å². The summed E-state index contributed by atoms with van der Waals surface area (Å²) in [5.74, 6) is 0.329. The molecule has 0 saturated heterocycles. The summed E-state index contributed by atoms with van der Waals surface area (Å²) < 4.78 is 0. The van der Waals surface area contributed by atoms with Crippen LogP contribution in [0.5, 0.6) is 0 Å². The van der Waals surface area contributed by atoms with Crippen molar-refractivity contribution in [2.75, 3.05) is 5.32 Å². The van der Waals surface area contributed by atoms with E-state index in [1.807, 2.05) is 47.8 Å². The molecule has 2 amide bonds. The average Bonchev–Trinajstić information content (AvgIpc) is 3.40. The van der Waals surface area contributed by atoms with E-state index in [0.717, 1.165) is 20.7 Å². The van der Waals surface area contributed by atoms with Gasteiger partial charge in [-0.25, -0.2) is 0 Å². The second-order valence-corrected chi connectivity index (χ2v) is 7.96. The number of nitrogens with zero attached hydrogens (tertiary/aromatic N) is 1. The summed E-state index contributed by atoms with van der Waals surface area (Å²) in [6.45, 7) is 0.505. The van der Waals surface area contributed by atoms with Crippen LogP contribution in [0.4, 0.5) is 5.82 Å². The fourth-order valence-electron chi connectivity index (χ4n) is 2.64. The SMILES string of the molecule is O=C(Cc1cc2c(NC(=O)c3cccs3)[nH]nc2s1)NCc1ccccc1. The Hall–Kier alpha value is -2.97. The number of benzene rings is 1. The molecule has 0 atom stereocenters. The van der Waals surface area contributed by atoms with Crippen LogP contribution in [0, 0.1) is 0 Å². The minimum atomic E-state index is -0.177. The molecule has 0 saturated carbocycles. The molecule has 3 heterocycles. The molecule has 8 heteroatoms. The molecule has 0 radical (unpaired) electrons. The Labute approximate surface area is 163 Å². The number of amides is 2. The number of hydrogen-bond acceptors (Lipinski definition) is 5. The summed E-state index contributed by atoms with van der Waals surface area (Å²) >= 11 is 2.82. The van der Waals surface area contributed by atoms with Crippen molar-refractivity contribution in [2.45, 2.75) is 13.0 Å². The van der Waals surface area contributed by atoms with E-state index in [1.54, 1.807) is 6.07 Å². The lowest BCUT2D eigenvalue weighted by Gasteiger charge is -2.04. The van der Waals surface area contributed by atoms with Crippen LogP contribution in [-0.2, 0) is 17.8 Å². The number of aromatic nitrogens is 2. The number of anilines is 1. The molecule has 136 valence electrons. The first-order valence-corrected chi connectivity index (χ1v) is 10.0. The summed E-state index contributed by atoms with van der Waals surface area (Å²) in [4.78, 5) is 26.7. The van der Waals surface area contributed by atoms with E-state index in [1.165, 1.54) is 22.7 Å². The van der Waals surface area contributed by atoms with Gasteiger partial charge >= 0.3 is 0 Å². The number of H-pyrrole nitrogens is 1. The first kappa shape index (κ1) is 17.4. The summed E-state index contributed by atoms with van der Waals surface area (Å²) in [5.41, 5.74) is 1.06. The Bertz CT molecular complexity index is 1070. The molecular formula is C19H16N4O2S2. The molecule has 0 aliphatic carbocycles. The van der Waals surface area contributed by atoms with Gasteiger partial charge in [0.25, 0.3) is 5.91 Å². The zero-order chi connectivity index (χ0) is 18.6. The third-order valence-electron chi connectivity index (χ3n) is 3.95. The van der Waals surface area contributed by atoms with Crippen molar-refractivity contribution in [2.24, 2.45) is 0 Å². The van der Waals surface area contributed by atoms with Gasteiger partial charge in [0.2, 0.25) is 5.91 Å². The standard InChI is InChI=1S/C19H16N4O2S2/c24-16(20-11-12-5-2-1-3-6-12)10-13-9-14-17(22-23-19(14)27-13)21-18(25)15-7-4-8-26-15/h1-9H,10-11H2,(H,20,24)(H2,21,22,23,25). The predicted octanol–water partition coefficient (Wildman–Crippen LogP) is 3.80.